The number of aromatic nitrogens is 1. The molecule has 0 radical (unpaired) electrons. The van der Waals surface area contributed by atoms with Crippen LogP contribution in [0.4, 0.5) is 4.79 Å². The number of nitrogens with zero attached hydrogens (tertiary/aromatic N) is 1. The van der Waals surface area contributed by atoms with Crippen LogP contribution in [0.15, 0.2) is 54.9 Å². The molecule has 8 heteroatoms. The van der Waals surface area contributed by atoms with Crippen LogP contribution in [0.2, 0.25) is 5.02 Å². The van der Waals surface area contributed by atoms with E-state index >= 15 is 0 Å². The number of methoxy groups -OCH3 is 1. The van der Waals surface area contributed by atoms with Crippen LogP contribution in [-0.2, 0) is 17.8 Å². The summed E-state index contributed by atoms with van der Waals surface area (Å²) in [6, 6.07) is 12.8. The molecule has 0 spiro atoms. The molecule has 0 aliphatic heterocycles. The van der Waals surface area contributed by atoms with Gasteiger partial charge in [0.15, 0.2) is 0 Å². The maximum atomic E-state index is 13.1. The third-order valence-electron chi connectivity index (χ3n) is 5.11. The third kappa shape index (κ3) is 7.45. The Bertz CT molecular complexity index is 1220. The summed E-state index contributed by atoms with van der Waals surface area (Å²) in [5.74, 6) is 0.322. The van der Waals surface area contributed by atoms with Gasteiger partial charge in [-0.2, -0.15) is 0 Å². The van der Waals surface area contributed by atoms with Gasteiger partial charge in [0.05, 0.1) is 12.1 Å². The molecule has 0 saturated carbocycles. The van der Waals surface area contributed by atoms with Gasteiger partial charge in [-0.25, -0.2) is 4.79 Å². The van der Waals surface area contributed by atoms with Crippen molar-refractivity contribution in [3.63, 3.8) is 0 Å². The van der Waals surface area contributed by atoms with Gasteiger partial charge in [0.1, 0.15) is 11.4 Å². The summed E-state index contributed by atoms with van der Waals surface area (Å²) in [4.78, 5) is 29.5. The first-order chi connectivity index (χ1) is 16.6. The molecule has 0 fully saturated rings. The topological polar surface area (TPSA) is 89.6 Å². The number of hydrogen-bond acceptors (Lipinski definition) is 5. The molecule has 35 heavy (non-hydrogen) atoms. The monoisotopic (exact) mass is 495 g/mol. The van der Waals surface area contributed by atoms with Gasteiger partial charge < -0.3 is 20.1 Å². The zero-order valence-electron chi connectivity index (χ0n) is 20.6. The van der Waals surface area contributed by atoms with Gasteiger partial charge in [0.25, 0.3) is 5.91 Å². The second-order valence-corrected chi connectivity index (χ2v) is 9.52. The minimum atomic E-state index is -0.603. The Morgan fingerprint density at radius 3 is 2.40 bits per heavy atom. The molecule has 0 bridgehead atoms. The van der Waals surface area contributed by atoms with Crippen LogP contribution in [0.1, 0.15) is 47.8 Å². The van der Waals surface area contributed by atoms with Crippen LogP contribution < -0.4 is 15.4 Å². The number of carbonyl (C=O) groups excluding carboxylic acids is 2. The van der Waals surface area contributed by atoms with Gasteiger partial charge >= 0.3 is 6.09 Å². The van der Waals surface area contributed by atoms with Crippen molar-refractivity contribution < 1.29 is 19.1 Å². The molecule has 1 aromatic heterocycles. The lowest BCUT2D eigenvalue weighted by molar-refractivity contribution is 0.0523. The Balaban J connectivity index is 1.83. The van der Waals surface area contributed by atoms with E-state index in [1.54, 1.807) is 58.5 Å². The quantitative estimate of drug-likeness (QED) is 0.440. The van der Waals surface area contributed by atoms with Gasteiger partial charge in [-0.05, 0) is 86.3 Å². The Kier molecular flexibility index (Phi) is 8.35. The Hall–Kier alpha value is -3.58. The number of halogens is 1. The fourth-order valence-electron chi connectivity index (χ4n) is 3.44. The van der Waals surface area contributed by atoms with Crippen LogP contribution in [0, 0.1) is 6.92 Å². The number of ether oxygens (including phenoxy) is 2. The molecule has 184 valence electrons. The summed E-state index contributed by atoms with van der Waals surface area (Å²) in [7, 11) is 1.55. The maximum Gasteiger partial charge on any atom is 0.407 e. The normalized spacial score (nSPS) is 11.0. The van der Waals surface area contributed by atoms with Crippen molar-refractivity contribution >= 4 is 23.6 Å². The molecule has 3 aromatic rings. The number of rotatable bonds is 7. The van der Waals surface area contributed by atoms with E-state index in [1.165, 1.54) is 0 Å². The summed E-state index contributed by atoms with van der Waals surface area (Å²) in [5.41, 5.74) is 4.22. The van der Waals surface area contributed by atoms with E-state index in [0.717, 1.165) is 27.8 Å². The molecule has 2 N–H and O–H groups in total. The number of hydrogen-bond donors (Lipinski definition) is 2. The van der Waals surface area contributed by atoms with Gasteiger partial charge in [-0.1, -0.05) is 17.7 Å². The van der Waals surface area contributed by atoms with Crippen LogP contribution in [0.5, 0.6) is 5.75 Å². The summed E-state index contributed by atoms with van der Waals surface area (Å²) in [6.07, 6.45) is 2.96. The maximum absolute atomic E-state index is 13.1. The SMILES string of the molecule is COc1ccc(CNC(=O)c2cc(CNC(=O)OC(C)(C)C)cc(-c3cnccc3C)c2)cc1Cl. The minimum Gasteiger partial charge on any atom is -0.495 e. The standard InChI is InChI=1S/C27H30ClN3O4/c1-17-8-9-29-16-22(17)20-10-19(15-31-26(33)35-27(2,3)4)11-21(13-20)25(32)30-14-18-6-7-24(34-5)23(28)12-18/h6-13,16H,14-15H2,1-5H3,(H,30,32)(H,31,33). The van der Waals surface area contributed by atoms with Crippen LogP contribution >= 0.6 is 11.6 Å². The lowest BCUT2D eigenvalue weighted by Gasteiger charge is -2.20. The van der Waals surface area contributed by atoms with Gasteiger partial charge in [-0.3, -0.25) is 9.78 Å². The Labute approximate surface area is 210 Å². The fraction of sp³-hybridized carbons (Fsp3) is 0.296. The van der Waals surface area contributed by atoms with E-state index in [2.05, 4.69) is 15.6 Å². The number of nitrogens with one attached hydrogen (secondary N) is 2. The molecule has 2 amide bonds. The highest BCUT2D eigenvalue weighted by atomic mass is 35.5. The number of alkyl carbamates (subject to hydrolysis) is 1. The van der Waals surface area contributed by atoms with Gasteiger partial charge in [0, 0.05) is 36.6 Å². The van der Waals surface area contributed by atoms with E-state index in [-0.39, 0.29) is 12.5 Å². The van der Waals surface area contributed by atoms with Crippen LogP contribution in [-0.4, -0.2) is 29.7 Å². The summed E-state index contributed by atoms with van der Waals surface area (Å²) < 4.78 is 10.5. The molecular formula is C27H30ClN3O4. The number of carbonyl (C=O) groups is 2. The molecule has 2 aromatic carbocycles. The molecule has 1 heterocycles. The highest BCUT2D eigenvalue weighted by Crippen LogP contribution is 2.26. The van der Waals surface area contributed by atoms with E-state index in [9.17, 15) is 9.59 Å². The first-order valence-electron chi connectivity index (χ1n) is 11.2. The number of aryl methyl sites for hydroxylation is 1. The van der Waals surface area contributed by atoms with E-state index < -0.39 is 11.7 Å². The lowest BCUT2D eigenvalue weighted by Crippen LogP contribution is -2.32. The van der Waals surface area contributed by atoms with Crippen LogP contribution in [0.25, 0.3) is 11.1 Å². The smallest absolute Gasteiger partial charge is 0.407 e. The Morgan fingerprint density at radius 1 is 1.00 bits per heavy atom. The van der Waals surface area contributed by atoms with Crippen molar-refractivity contribution in [2.24, 2.45) is 0 Å². The second kappa shape index (κ2) is 11.2. The number of benzene rings is 2. The van der Waals surface area contributed by atoms with Crippen molar-refractivity contribution in [2.45, 2.75) is 46.4 Å². The predicted octanol–water partition coefficient (Wildman–Crippen LogP) is 5.67. The van der Waals surface area contributed by atoms with Crippen molar-refractivity contribution in [1.29, 1.82) is 0 Å². The summed E-state index contributed by atoms with van der Waals surface area (Å²) >= 11 is 6.20. The molecule has 7 nitrogen and oxygen atoms in total. The lowest BCUT2D eigenvalue weighted by atomic mass is 9.97. The average Bonchev–Trinajstić information content (AvgIpc) is 2.80. The van der Waals surface area contributed by atoms with Crippen molar-refractivity contribution in [2.75, 3.05) is 7.11 Å². The number of amides is 2. The first kappa shape index (κ1) is 26.0. The molecule has 0 unspecified atom stereocenters. The summed E-state index contributed by atoms with van der Waals surface area (Å²) in [5, 5.41) is 6.16. The zero-order chi connectivity index (χ0) is 25.6. The minimum absolute atomic E-state index is 0.205. The second-order valence-electron chi connectivity index (χ2n) is 9.12. The van der Waals surface area contributed by atoms with Gasteiger partial charge in [0.2, 0.25) is 0 Å². The molecule has 0 aliphatic rings. The fourth-order valence-corrected chi connectivity index (χ4v) is 3.72. The highest BCUT2D eigenvalue weighted by molar-refractivity contribution is 6.32. The molecular weight excluding hydrogens is 466 g/mol. The zero-order valence-corrected chi connectivity index (χ0v) is 21.3. The molecule has 0 aliphatic carbocycles. The van der Waals surface area contributed by atoms with Crippen molar-refractivity contribution in [1.82, 2.24) is 15.6 Å². The highest BCUT2D eigenvalue weighted by Gasteiger charge is 2.17. The summed E-state index contributed by atoms with van der Waals surface area (Å²) in [6.45, 7) is 7.89. The Morgan fingerprint density at radius 2 is 1.74 bits per heavy atom. The van der Waals surface area contributed by atoms with E-state index in [4.69, 9.17) is 21.1 Å². The van der Waals surface area contributed by atoms with Gasteiger partial charge in [-0.15, -0.1) is 0 Å². The molecule has 0 atom stereocenters. The predicted molar refractivity (Wildman–Crippen MR) is 137 cm³/mol. The van der Waals surface area contributed by atoms with E-state index in [0.29, 0.717) is 22.9 Å². The largest absolute Gasteiger partial charge is 0.495 e. The van der Waals surface area contributed by atoms with Crippen molar-refractivity contribution in [3.05, 3.63) is 82.1 Å². The van der Waals surface area contributed by atoms with Crippen LogP contribution in [0.3, 0.4) is 0 Å². The third-order valence-corrected chi connectivity index (χ3v) is 5.41. The molecule has 3 rings (SSSR count). The number of pyridine rings is 1. The van der Waals surface area contributed by atoms with Crippen molar-refractivity contribution in [3.8, 4) is 16.9 Å². The first-order valence-corrected chi connectivity index (χ1v) is 11.6. The molecule has 0 saturated heterocycles. The average molecular weight is 496 g/mol. The van der Waals surface area contributed by atoms with E-state index in [1.807, 2.05) is 31.2 Å².